The molecule has 4 fully saturated rings. The normalized spacial score (nSPS) is 50.5. The van der Waals surface area contributed by atoms with Gasteiger partial charge in [0.15, 0.2) is 5.78 Å². The number of ether oxygens (including phenoxy) is 2. The summed E-state index contributed by atoms with van der Waals surface area (Å²) in [6.07, 6.45) is 7.28. The van der Waals surface area contributed by atoms with Crippen LogP contribution in [0.2, 0.25) is 0 Å². The smallest absolute Gasteiger partial charge is 0.438 e. The lowest BCUT2D eigenvalue weighted by molar-refractivity contribution is -0.186. The Kier molecular flexibility index (Phi) is 5.33. The van der Waals surface area contributed by atoms with Crippen LogP contribution >= 0.6 is 0 Å². The third-order valence-corrected chi connectivity index (χ3v) is 9.56. The van der Waals surface area contributed by atoms with E-state index < -0.39 is 23.3 Å². The first-order chi connectivity index (χ1) is 14.1. The van der Waals surface area contributed by atoms with Crippen molar-refractivity contribution in [2.24, 2.45) is 34.5 Å². The van der Waals surface area contributed by atoms with Gasteiger partial charge >= 0.3 is 6.16 Å². The van der Waals surface area contributed by atoms with Crippen LogP contribution in [-0.4, -0.2) is 47.1 Å². The summed E-state index contributed by atoms with van der Waals surface area (Å²) in [7, 11) is 1.32. The molecule has 6 nitrogen and oxygen atoms in total. The summed E-state index contributed by atoms with van der Waals surface area (Å²) >= 11 is 0. The molecule has 0 aromatic heterocycles. The first kappa shape index (κ1) is 21.8. The van der Waals surface area contributed by atoms with Gasteiger partial charge in [0.25, 0.3) is 0 Å². The highest BCUT2D eigenvalue weighted by atomic mass is 16.7. The molecule has 0 aromatic carbocycles. The van der Waals surface area contributed by atoms with Crippen LogP contribution < -0.4 is 0 Å². The van der Waals surface area contributed by atoms with Gasteiger partial charge in [0.1, 0.15) is 11.7 Å². The Bertz CT molecular complexity index is 748. The van der Waals surface area contributed by atoms with Crippen LogP contribution in [0.25, 0.3) is 0 Å². The van der Waals surface area contributed by atoms with E-state index in [1.807, 2.05) is 13.8 Å². The van der Waals surface area contributed by atoms with Gasteiger partial charge in [-0.1, -0.05) is 19.9 Å². The lowest BCUT2D eigenvalue weighted by Gasteiger charge is -2.62. The number of fused-ring (bicyclic) bond motifs is 5. The van der Waals surface area contributed by atoms with Crippen molar-refractivity contribution in [3.8, 4) is 0 Å². The number of hydrogen-bond acceptors (Lipinski definition) is 6. The fraction of sp³-hybridized carbons (Fsp3) is 0.833. The first-order valence-electron chi connectivity index (χ1n) is 11.4. The summed E-state index contributed by atoms with van der Waals surface area (Å²) in [5.74, 6) is 0.480. The number of hydrogen-bond donors (Lipinski definition) is 2. The van der Waals surface area contributed by atoms with Gasteiger partial charge < -0.3 is 19.7 Å². The summed E-state index contributed by atoms with van der Waals surface area (Å²) in [5.41, 5.74) is -1.92. The SMILES string of the molecule is C/C=C/[C@]1(O)C(=O)CC2C3C(CC[C@@]21C)[C@@]1(C)CC[C@H](OC(=O)OC)C[C@@H]1C[C@@H]3O. The van der Waals surface area contributed by atoms with E-state index in [-0.39, 0.29) is 35.1 Å². The molecule has 9 atom stereocenters. The average Bonchev–Trinajstić information content (AvgIpc) is 2.90. The predicted octanol–water partition coefficient (Wildman–Crippen LogP) is 3.64. The molecule has 2 N–H and O–H groups in total. The Balaban J connectivity index is 1.61. The fourth-order valence-corrected chi connectivity index (χ4v) is 7.85. The maximum Gasteiger partial charge on any atom is 0.508 e. The number of methoxy groups -OCH3 is 1. The van der Waals surface area contributed by atoms with E-state index >= 15 is 0 Å². The molecule has 6 heteroatoms. The molecule has 0 radical (unpaired) electrons. The number of aliphatic hydroxyl groups is 2. The van der Waals surface area contributed by atoms with Gasteiger partial charge in [-0.2, -0.15) is 0 Å². The minimum absolute atomic E-state index is 0.0123. The van der Waals surface area contributed by atoms with E-state index in [4.69, 9.17) is 4.74 Å². The van der Waals surface area contributed by atoms with Crippen molar-refractivity contribution in [3.63, 3.8) is 0 Å². The standard InChI is InChI=1S/C24H36O6/c1-5-8-24(28)19(26)13-17-20-16(7-10-23(17,24)3)22(2)9-6-15(30-21(27)29-4)11-14(22)12-18(20)25/h5,8,14-18,20,25,28H,6-7,9-13H2,1-4H3/b8-5+/t14-,15+,16?,17?,18+,20?,22+,23+,24+/m1/s1. The summed E-state index contributed by atoms with van der Waals surface area (Å²) in [6.45, 7) is 6.21. The summed E-state index contributed by atoms with van der Waals surface area (Å²) in [4.78, 5) is 24.5. The van der Waals surface area contributed by atoms with E-state index in [9.17, 15) is 19.8 Å². The largest absolute Gasteiger partial charge is 0.508 e. The number of carbonyl (C=O) groups excluding carboxylic acids is 2. The van der Waals surface area contributed by atoms with Crippen molar-refractivity contribution in [3.05, 3.63) is 12.2 Å². The van der Waals surface area contributed by atoms with E-state index in [0.717, 1.165) is 32.1 Å². The van der Waals surface area contributed by atoms with Crippen LogP contribution in [0.5, 0.6) is 0 Å². The summed E-state index contributed by atoms with van der Waals surface area (Å²) < 4.78 is 10.1. The van der Waals surface area contributed by atoms with Crippen molar-refractivity contribution in [1.82, 2.24) is 0 Å². The Labute approximate surface area is 179 Å². The number of aliphatic hydroxyl groups excluding tert-OH is 1. The van der Waals surface area contributed by atoms with Gasteiger partial charge in [0.05, 0.1) is 13.2 Å². The van der Waals surface area contributed by atoms with Crippen LogP contribution in [0.4, 0.5) is 4.79 Å². The molecule has 168 valence electrons. The van der Waals surface area contributed by atoms with Crippen molar-refractivity contribution in [2.45, 2.75) is 83.5 Å². The van der Waals surface area contributed by atoms with Gasteiger partial charge in [0, 0.05) is 11.8 Å². The van der Waals surface area contributed by atoms with Crippen molar-refractivity contribution >= 4 is 11.9 Å². The highest BCUT2D eigenvalue weighted by Crippen LogP contribution is 2.67. The second-order valence-corrected chi connectivity index (χ2v) is 10.6. The summed E-state index contributed by atoms with van der Waals surface area (Å²) in [6, 6.07) is 0. The number of allylic oxidation sites excluding steroid dienone is 1. The number of ketones is 1. The van der Waals surface area contributed by atoms with Crippen LogP contribution in [0, 0.1) is 34.5 Å². The van der Waals surface area contributed by atoms with Gasteiger partial charge in [-0.15, -0.1) is 0 Å². The fourth-order valence-electron chi connectivity index (χ4n) is 7.85. The quantitative estimate of drug-likeness (QED) is 0.523. The van der Waals surface area contributed by atoms with E-state index in [1.54, 1.807) is 12.2 Å². The maximum absolute atomic E-state index is 12.9. The van der Waals surface area contributed by atoms with E-state index in [2.05, 4.69) is 11.7 Å². The molecular weight excluding hydrogens is 384 g/mol. The molecule has 0 aromatic rings. The Morgan fingerprint density at radius 2 is 1.90 bits per heavy atom. The molecule has 0 spiro atoms. The second kappa shape index (κ2) is 7.33. The summed E-state index contributed by atoms with van der Waals surface area (Å²) in [5, 5.41) is 22.6. The van der Waals surface area contributed by atoms with Crippen molar-refractivity contribution in [1.29, 1.82) is 0 Å². The maximum atomic E-state index is 12.9. The van der Waals surface area contributed by atoms with Gasteiger partial charge in [-0.25, -0.2) is 4.79 Å². The minimum Gasteiger partial charge on any atom is -0.438 e. The number of Topliss-reactive ketones (excluding diaryl/α,β-unsaturated/α-hetero) is 1. The van der Waals surface area contributed by atoms with Crippen LogP contribution in [0.3, 0.4) is 0 Å². The lowest BCUT2D eigenvalue weighted by atomic mass is 9.43. The number of rotatable bonds is 2. The third-order valence-electron chi connectivity index (χ3n) is 9.56. The molecule has 0 amide bonds. The molecule has 0 saturated heterocycles. The van der Waals surface area contributed by atoms with E-state index in [1.165, 1.54) is 7.11 Å². The zero-order chi connectivity index (χ0) is 21.9. The molecule has 0 aliphatic heterocycles. The predicted molar refractivity (Wildman–Crippen MR) is 111 cm³/mol. The van der Waals surface area contributed by atoms with Gasteiger partial charge in [-0.05, 0) is 80.6 Å². The van der Waals surface area contributed by atoms with Crippen LogP contribution in [-0.2, 0) is 14.3 Å². The molecule has 4 saturated carbocycles. The molecule has 4 rings (SSSR count). The lowest BCUT2D eigenvalue weighted by Crippen LogP contribution is -2.60. The molecular formula is C24H36O6. The third kappa shape index (κ3) is 2.89. The first-order valence-corrected chi connectivity index (χ1v) is 11.4. The van der Waals surface area contributed by atoms with Crippen molar-refractivity contribution < 1.29 is 29.3 Å². The highest BCUT2D eigenvalue weighted by Gasteiger charge is 2.68. The molecule has 0 bridgehead atoms. The molecule has 4 aliphatic rings. The Morgan fingerprint density at radius 3 is 2.57 bits per heavy atom. The zero-order valence-electron chi connectivity index (χ0n) is 18.6. The number of carbonyl (C=O) groups is 2. The Hall–Kier alpha value is -1.40. The van der Waals surface area contributed by atoms with Gasteiger partial charge in [-0.3, -0.25) is 4.79 Å². The molecule has 0 heterocycles. The van der Waals surface area contributed by atoms with Crippen molar-refractivity contribution in [2.75, 3.05) is 7.11 Å². The highest BCUT2D eigenvalue weighted by molar-refractivity contribution is 5.93. The monoisotopic (exact) mass is 420 g/mol. The zero-order valence-corrected chi connectivity index (χ0v) is 18.6. The molecule has 4 aliphatic carbocycles. The molecule has 3 unspecified atom stereocenters. The minimum atomic E-state index is -1.43. The Morgan fingerprint density at radius 1 is 1.17 bits per heavy atom. The molecule has 30 heavy (non-hydrogen) atoms. The second-order valence-electron chi connectivity index (χ2n) is 10.6. The average molecular weight is 421 g/mol. The van der Waals surface area contributed by atoms with Crippen LogP contribution in [0.15, 0.2) is 12.2 Å². The van der Waals surface area contributed by atoms with Crippen LogP contribution in [0.1, 0.15) is 65.7 Å². The van der Waals surface area contributed by atoms with Gasteiger partial charge in [0.2, 0.25) is 0 Å². The topological polar surface area (TPSA) is 93.1 Å². The van der Waals surface area contributed by atoms with E-state index in [0.29, 0.717) is 18.8 Å².